The molecule has 0 spiro atoms. The van der Waals surface area contributed by atoms with Crippen molar-refractivity contribution in [1.29, 1.82) is 0 Å². The van der Waals surface area contributed by atoms with Gasteiger partial charge in [0, 0.05) is 31.9 Å². The van der Waals surface area contributed by atoms with E-state index in [0.29, 0.717) is 30.3 Å². The molecule has 1 saturated heterocycles. The number of ether oxygens (including phenoxy) is 2. The maximum absolute atomic E-state index is 12.3. The van der Waals surface area contributed by atoms with Gasteiger partial charge in [0.05, 0.1) is 20.0 Å². The Balaban J connectivity index is 1.60. The van der Waals surface area contributed by atoms with E-state index in [1.54, 1.807) is 43.3 Å². The van der Waals surface area contributed by atoms with E-state index < -0.39 is 0 Å². The van der Waals surface area contributed by atoms with Crippen molar-refractivity contribution in [3.63, 3.8) is 0 Å². The molecule has 1 aromatic carbocycles. The number of thioether (sulfide) groups is 1. The molecule has 1 atom stereocenters. The van der Waals surface area contributed by atoms with E-state index in [0.717, 1.165) is 11.1 Å². The van der Waals surface area contributed by atoms with E-state index >= 15 is 0 Å². The fourth-order valence-corrected chi connectivity index (χ4v) is 4.20. The molecule has 0 saturated carbocycles. The largest absolute Gasteiger partial charge is 0.493 e. The van der Waals surface area contributed by atoms with Crippen molar-refractivity contribution in [2.75, 3.05) is 26.5 Å². The summed E-state index contributed by atoms with van der Waals surface area (Å²) in [6.45, 7) is 0.816. The average Bonchev–Trinajstić information content (AvgIpc) is 3.11. The Kier molecular flexibility index (Phi) is 6.76. The zero-order chi connectivity index (χ0) is 19.9. The van der Waals surface area contributed by atoms with Crippen LogP contribution in [0.25, 0.3) is 0 Å². The van der Waals surface area contributed by atoms with Crippen LogP contribution in [0.15, 0.2) is 42.7 Å². The second kappa shape index (κ2) is 9.45. The van der Waals surface area contributed by atoms with Gasteiger partial charge in [-0.05, 0) is 35.4 Å². The Morgan fingerprint density at radius 3 is 2.68 bits per heavy atom. The highest BCUT2D eigenvalue weighted by atomic mass is 32.2. The summed E-state index contributed by atoms with van der Waals surface area (Å²) in [5.74, 6) is 1.61. The summed E-state index contributed by atoms with van der Waals surface area (Å²) in [4.78, 5) is 30.2. The molecule has 1 aliphatic heterocycles. The van der Waals surface area contributed by atoms with E-state index in [-0.39, 0.29) is 23.6 Å². The maximum Gasteiger partial charge on any atom is 0.233 e. The molecule has 8 heteroatoms. The molecular formula is C20H23N3O4S. The molecule has 2 aromatic rings. The standard InChI is InChI=1S/C20H23N3O4S/c1-26-16-4-3-15(11-17(16)27-2)20-23(19(25)13-28-20)10-7-18(24)22-12-14-5-8-21-9-6-14/h3-6,8-9,11,20H,7,10,12-13H2,1-2H3,(H,22,24). The summed E-state index contributed by atoms with van der Waals surface area (Å²) >= 11 is 1.55. The van der Waals surface area contributed by atoms with Crippen molar-refractivity contribution in [3.05, 3.63) is 53.9 Å². The second-order valence-corrected chi connectivity index (χ2v) is 7.32. The van der Waals surface area contributed by atoms with Crippen molar-refractivity contribution in [1.82, 2.24) is 15.2 Å². The fourth-order valence-electron chi connectivity index (χ4n) is 2.99. The van der Waals surface area contributed by atoms with E-state index in [4.69, 9.17) is 9.47 Å². The number of nitrogens with one attached hydrogen (secondary N) is 1. The molecule has 1 unspecified atom stereocenters. The van der Waals surface area contributed by atoms with Crippen LogP contribution in [0.1, 0.15) is 22.9 Å². The first-order valence-corrected chi connectivity index (χ1v) is 9.96. The van der Waals surface area contributed by atoms with Crippen molar-refractivity contribution >= 4 is 23.6 Å². The summed E-state index contributed by atoms with van der Waals surface area (Å²) in [5.41, 5.74) is 1.94. The quantitative estimate of drug-likeness (QED) is 0.732. The van der Waals surface area contributed by atoms with Crippen LogP contribution in [0.5, 0.6) is 11.5 Å². The monoisotopic (exact) mass is 401 g/mol. The number of carbonyl (C=O) groups is 2. The predicted octanol–water partition coefficient (Wildman–Crippen LogP) is 2.38. The lowest BCUT2D eigenvalue weighted by Crippen LogP contribution is -2.33. The van der Waals surface area contributed by atoms with Crippen LogP contribution in [0, 0.1) is 0 Å². The fraction of sp³-hybridized carbons (Fsp3) is 0.350. The van der Waals surface area contributed by atoms with Gasteiger partial charge in [-0.1, -0.05) is 6.07 Å². The van der Waals surface area contributed by atoms with Crippen LogP contribution in [-0.2, 0) is 16.1 Å². The number of carbonyl (C=O) groups excluding carboxylic acids is 2. The Labute approximate surface area is 168 Å². The summed E-state index contributed by atoms with van der Waals surface area (Å²) in [6.07, 6.45) is 3.63. The highest BCUT2D eigenvalue weighted by molar-refractivity contribution is 8.00. The zero-order valence-electron chi connectivity index (χ0n) is 15.9. The van der Waals surface area contributed by atoms with E-state index in [1.807, 2.05) is 30.3 Å². The first kappa shape index (κ1) is 20.0. The average molecular weight is 401 g/mol. The van der Waals surface area contributed by atoms with E-state index in [1.165, 1.54) is 0 Å². The zero-order valence-corrected chi connectivity index (χ0v) is 16.7. The number of rotatable bonds is 8. The Morgan fingerprint density at radius 2 is 1.96 bits per heavy atom. The Bertz CT molecular complexity index is 831. The van der Waals surface area contributed by atoms with E-state index in [2.05, 4.69) is 10.3 Å². The van der Waals surface area contributed by atoms with Crippen LogP contribution < -0.4 is 14.8 Å². The smallest absolute Gasteiger partial charge is 0.233 e. The number of methoxy groups -OCH3 is 2. The number of benzene rings is 1. The number of nitrogens with zero attached hydrogens (tertiary/aromatic N) is 2. The minimum atomic E-state index is -0.139. The third kappa shape index (κ3) is 4.75. The molecule has 1 aromatic heterocycles. The van der Waals surface area contributed by atoms with Gasteiger partial charge >= 0.3 is 0 Å². The van der Waals surface area contributed by atoms with Gasteiger partial charge in [-0.3, -0.25) is 14.6 Å². The maximum atomic E-state index is 12.3. The minimum absolute atomic E-state index is 0.0340. The molecule has 2 amide bonds. The Morgan fingerprint density at radius 1 is 1.21 bits per heavy atom. The molecule has 1 aliphatic rings. The molecule has 7 nitrogen and oxygen atoms in total. The minimum Gasteiger partial charge on any atom is -0.493 e. The van der Waals surface area contributed by atoms with Crippen molar-refractivity contribution in [2.45, 2.75) is 18.3 Å². The van der Waals surface area contributed by atoms with Gasteiger partial charge in [0.1, 0.15) is 5.37 Å². The molecule has 148 valence electrons. The molecule has 0 aliphatic carbocycles. The summed E-state index contributed by atoms with van der Waals surface area (Å²) in [7, 11) is 3.17. The number of hydrogen-bond acceptors (Lipinski definition) is 6. The second-order valence-electron chi connectivity index (χ2n) is 6.25. The number of hydrogen-bond donors (Lipinski definition) is 1. The number of aromatic nitrogens is 1. The molecule has 3 rings (SSSR count). The van der Waals surface area contributed by atoms with Gasteiger partial charge in [-0.15, -0.1) is 11.8 Å². The third-order valence-corrected chi connectivity index (χ3v) is 5.74. The van der Waals surface area contributed by atoms with Gasteiger partial charge in [0.2, 0.25) is 11.8 Å². The summed E-state index contributed by atoms with van der Waals surface area (Å²) in [6, 6.07) is 9.35. The van der Waals surface area contributed by atoms with Crippen molar-refractivity contribution in [3.8, 4) is 11.5 Å². The van der Waals surface area contributed by atoms with Crippen LogP contribution in [0.2, 0.25) is 0 Å². The normalized spacial score (nSPS) is 16.1. The lowest BCUT2D eigenvalue weighted by Gasteiger charge is -2.24. The Hall–Kier alpha value is -2.74. The lowest BCUT2D eigenvalue weighted by atomic mass is 10.1. The van der Waals surface area contributed by atoms with Crippen molar-refractivity contribution in [2.24, 2.45) is 0 Å². The van der Waals surface area contributed by atoms with Crippen molar-refractivity contribution < 1.29 is 19.1 Å². The summed E-state index contributed by atoms with van der Waals surface area (Å²) < 4.78 is 10.6. The molecular weight excluding hydrogens is 378 g/mol. The molecule has 28 heavy (non-hydrogen) atoms. The van der Waals surface area contributed by atoms with E-state index in [9.17, 15) is 9.59 Å². The van der Waals surface area contributed by atoms with Gasteiger partial charge in [0.25, 0.3) is 0 Å². The van der Waals surface area contributed by atoms with Gasteiger partial charge in [0.15, 0.2) is 11.5 Å². The number of amides is 2. The number of pyridine rings is 1. The van der Waals surface area contributed by atoms with Crippen LogP contribution in [0.4, 0.5) is 0 Å². The van der Waals surface area contributed by atoms with Crippen LogP contribution in [0.3, 0.4) is 0 Å². The molecule has 0 radical (unpaired) electrons. The molecule has 1 N–H and O–H groups in total. The van der Waals surface area contributed by atoms with Gasteiger partial charge in [-0.25, -0.2) is 0 Å². The van der Waals surface area contributed by atoms with Gasteiger partial charge in [-0.2, -0.15) is 0 Å². The topological polar surface area (TPSA) is 80.8 Å². The molecule has 0 bridgehead atoms. The van der Waals surface area contributed by atoms with Crippen LogP contribution >= 0.6 is 11.8 Å². The first-order chi connectivity index (χ1) is 13.6. The van der Waals surface area contributed by atoms with Gasteiger partial charge < -0.3 is 19.7 Å². The highest BCUT2D eigenvalue weighted by Gasteiger charge is 2.33. The molecule has 2 heterocycles. The SMILES string of the molecule is COc1ccc(C2SCC(=O)N2CCC(=O)NCc2ccncc2)cc1OC. The summed E-state index contributed by atoms with van der Waals surface area (Å²) in [5, 5.41) is 2.74. The first-order valence-electron chi connectivity index (χ1n) is 8.91. The third-order valence-electron chi connectivity index (χ3n) is 4.48. The molecule has 1 fully saturated rings. The highest BCUT2D eigenvalue weighted by Crippen LogP contribution is 2.41. The lowest BCUT2D eigenvalue weighted by molar-refractivity contribution is -0.129. The predicted molar refractivity (Wildman–Crippen MR) is 107 cm³/mol. The van der Waals surface area contributed by atoms with Crippen LogP contribution in [-0.4, -0.2) is 48.2 Å².